The molecule has 1 rings (SSSR count). The maximum atomic E-state index is 11.3. The maximum Gasteiger partial charge on any atom is 0.265 e. The summed E-state index contributed by atoms with van der Waals surface area (Å²) in [5.41, 5.74) is -0.402. The van der Waals surface area contributed by atoms with E-state index in [1.165, 1.54) is 16.8 Å². The first-order valence-electron chi connectivity index (χ1n) is 5.25. The summed E-state index contributed by atoms with van der Waals surface area (Å²) in [6.07, 6.45) is 1.93. The van der Waals surface area contributed by atoms with Crippen molar-refractivity contribution in [1.82, 2.24) is 15.1 Å². The number of H-pyrrole nitrogens is 1. The third kappa shape index (κ3) is 4.12. The maximum absolute atomic E-state index is 11.3. The van der Waals surface area contributed by atoms with E-state index in [4.69, 9.17) is 0 Å². The Labute approximate surface area is 88.1 Å². The van der Waals surface area contributed by atoms with E-state index in [1.54, 1.807) is 0 Å². The predicted molar refractivity (Wildman–Crippen MR) is 59.1 cm³/mol. The second-order valence-electron chi connectivity index (χ2n) is 3.40. The molecule has 1 aromatic rings. The van der Waals surface area contributed by atoms with Crippen molar-refractivity contribution in [2.24, 2.45) is 0 Å². The average molecular weight is 211 g/mol. The Balaban J connectivity index is 2.40. The van der Waals surface area contributed by atoms with Gasteiger partial charge in [0.05, 0.1) is 0 Å². The summed E-state index contributed by atoms with van der Waals surface area (Å²) in [7, 11) is 0. The van der Waals surface area contributed by atoms with E-state index >= 15 is 0 Å². The van der Waals surface area contributed by atoms with E-state index in [2.05, 4.69) is 17.3 Å². The number of hydrogen-bond acceptors (Lipinski definition) is 3. The normalized spacial score (nSPS) is 10.5. The Hall–Kier alpha value is -1.36. The molecule has 0 aromatic carbocycles. The van der Waals surface area contributed by atoms with Crippen LogP contribution >= 0.6 is 0 Å². The quantitative estimate of drug-likeness (QED) is 0.647. The fourth-order valence-corrected chi connectivity index (χ4v) is 1.29. The number of rotatable bonds is 6. The molecule has 5 heteroatoms. The molecule has 84 valence electrons. The lowest BCUT2D eigenvalue weighted by atomic mass is 10.4. The number of hydrogen-bond donors (Lipinski definition) is 2. The molecule has 0 aliphatic heterocycles. The van der Waals surface area contributed by atoms with E-state index in [0.29, 0.717) is 6.54 Å². The Bertz CT molecular complexity index is 394. The van der Waals surface area contributed by atoms with Gasteiger partial charge >= 0.3 is 0 Å². The van der Waals surface area contributed by atoms with Crippen LogP contribution in [0.15, 0.2) is 21.7 Å². The molecule has 0 aliphatic carbocycles. The van der Waals surface area contributed by atoms with Crippen LogP contribution in [0.1, 0.15) is 19.8 Å². The van der Waals surface area contributed by atoms with Gasteiger partial charge in [-0.2, -0.15) is 0 Å². The number of aryl methyl sites for hydroxylation is 1. The molecule has 2 N–H and O–H groups in total. The molecule has 0 bridgehead atoms. The Kier molecular flexibility index (Phi) is 4.83. The summed E-state index contributed by atoms with van der Waals surface area (Å²) in [4.78, 5) is 22.2. The van der Waals surface area contributed by atoms with Crippen molar-refractivity contribution in [3.63, 3.8) is 0 Å². The van der Waals surface area contributed by atoms with Crippen molar-refractivity contribution in [2.75, 3.05) is 13.1 Å². The molecular formula is C10H17N3O2. The van der Waals surface area contributed by atoms with E-state index in [-0.39, 0.29) is 11.1 Å². The SMILES string of the molecule is CCCNCCCn1[nH]c(=O)ccc1=O. The van der Waals surface area contributed by atoms with Crippen LogP contribution in [0.2, 0.25) is 0 Å². The molecular weight excluding hydrogens is 194 g/mol. The third-order valence-corrected chi connectivity index (χ3v) is 2.05. The highest BCUT2D eigenvalue weighted by Crippen LogP contribution is 1.81. The second-order valence-corrected chi connectivity index (χ2v) is 3.40. The Morgan fingerprint density at radius 3 is 2.87 bits per heavy atom. The highest BCUT2D eigenvalue weighted by Gasteiger charge is 1.95. The van der Waals surface area contributed by atoms with Gasteiger partial charge < -0.3 is 5.32 Å². The summed E-state index contributed by atoms with van der Waals surface area (Å²) >= 11 is 0. The van der Waals surface area contributed by atoms with Crippen LogP contribution in [0.25, 0.3) is 0 Å². The molecule has 0 radical (unpaired) electrons. The van der Waals surface area contributed by atoms with Gasteiger partial charge in [-0.3, -0.25) is 19.4 Å². The summed E-state index contributed by atoms with van der Waals surface area (Å²) in [6, 6.07) is 2.53. The standard InChI is InChI=1S/C10H17N3O2/c1-2-6-11-7-3-8-13-10(15)5-4-9(14)12-13/h4-5,11H,2-3,6-8H2,1H3,(H,12,14). The van der Waals surface area contributed by atoms with Crippen LogP contribution in [0.4, 0.5) is 0 Å². The van der Waals surface area contributed by atoms with Gasteiger partial charge in [0.1, 0.15) is 0 Å². The summed E-state index contributed by atoms with van der Waals surface area (Å²) in [5.74, 6) is 0. The van der Waals surface area contributed by atoms with Gasteiger partial charge in [-0.1, -0.05) is 6.92 Å². The number of aromatic nitrogens is 2. The van der Waals surface area contributed by atoms with Gasteiger partial charge in [-0.05, 0) is 25.9 Å². The number of aromatic amines is 1. The van der Waals surface area contributed by atoms with Crippen LogP contribution in [-0.4, -0.2) is 22.9 Å². The molecule has 0 aliphatic rings. The molecule has 0 fully saturated rings. The van der Waals surface area contributed by atoms with Crippen molar-refractivity contribution in [1.29, 1.82) is 0 Å². The van der Waals surface area contributed by atoms with Crippen LogP contribution in [0.3, 0.4) is 0 Å². The molecule has 0 saturated heterocycles. The smallest absolute Gasteiger partial charge is 0.265 e. The molecule has 1 heterocycles. The molecule has 0 spiro atoms. The van der Waals surface area contributed by atoms with Gasteiger partial charge in [0.25, 0.3) is 11.1 Å². The molecule has 1 aromatic heterocycles. The zero-order valence-electron chi connectivity index (χ0n) is 8.95. The average Bonchev–Trinajstić information content (AvgIpc) is 2.23. The first kappa shape index (κ1) is 11.7. The molecule has 15 heavy (non-hydrogen) atoms. The minimum atomic E-state index is -0.240. The molecule has 5 nitrogen and oxygen atoms in total. The van der Waals surface area contributed by atoms with Crippen molar-refractivity contribution >= 4 is 0 Å². The number of nitrogens with zero attached hydrogens (tertiary/aromatic N) is 1. The summed E-state index contributed by atoms with van der Waals surface area (Å²) in [5, 5.41) is 5.72. The van der Waals surface area contributed by atoms with Gasteiger partial charge in [-0.15, -0.1) is 0 Å². The molecule has 0 atom stereocenters. The van der Waals surface area contributed by atoms with Crippen molar-refractivity contribution in [2.45, 2.75) is 26.3 Å². The predicted octanol–water partition coefficient (Wildman–Crippen LogP) is -0.0737. The highest BCUT2D eigenvalue weighted by molar-refractivity contribution is 4.85. The van der Waals surface area contributed by atoms with Gasteiger partial charge in [-0.25, -0.2) is 0 Å². The highest BCUT2D eigenvalue weighted by atomic mass is 16.1. The van der Waals surface area contributed by atoms with Crippen LogP contribution in [0.5, 0.6) is 0 Å². The summed E-state index contributed by atoms with van der Waals surface area (Å²) < 4.78 is 1.34. The first-order chi connectivity index (χ1) is 7.24. The topological polar surface area (TPSA) is 66.9 Å². The minimum absolute atomic E-state index is 0.162. The second kappa shape index (κ2) is 6.19. The van der Waals surface area contributed by atoms with Crippen LogP contribution in [0, 0.1) is 0 Å². The van der Waals surface area contributed by atoms with E-state index in [0.717, 1.165) is 25.9 Å². The first-order valence-corrected chi connectivity index (χ1v) is 5.25. The van der Waals surface area contributed by atoms with Gasteiger partial charge in [0.15, 0.2) is 0 Å². The molecule has 0 amide bonds. The van der Waals surface area contributed by atoms with Gasteiger partial charge in [0.2, 0.25) is 0 Å². The van der Waals surface area contributed by atoms with Crippen LogP contribution in [-0.2, 0) is 6.54 Å². The largest absolute Gasteiger partial charge is 0.317 e. The monoisotopic (exact) mass is 211 g/mol. The lowest BCUT2D eigenvalue weighted by molar-refractivity contribution is 0.517. The Morgan fingerprint density at radius 1 is 1.33 bits per heavy atom. The van der Waals surface area contributed by atoms with E-state index < -0.39 is 0 Å². The van der Waals surface area contributed by atoms with Crippen LogP contribution < -0.4 is 16.4 Å². The van der Waals surface area contributed by atoms with Crippen molar-refractivity contribution < 1.29 is 0 Å². The minimum Gasteiger partial charge on any atom is -0.317 e. The van der Waals surface area contributed by atoms with E-state index in [1.807, 2.05) is 0 Å². The summed E-state index contributed by atoms with van der Waals surface area (Å²) in [6.45, 7) is 4.50. The Morgan fingerprint density at radius 2 is 2.13 bits per heavy atom. The lowest BCUT2D eigenvalue weighted by Crippen LogP contribution is -2.29. The molecule has 0 saturated carbocycles. The fraction of sp³-hybridized carbons (Fsp3) is 0.600. The third-order valence-electron chi connectivity index (χ3n) is 2.05. The fourth-order valence-electron chi connectivity index (χ4n) is 1.29. The number of nitrogens with one attached hydrogen (secondary N) is 2. The van der Waals surface area contributed by atoms with Crippen molar-refractivity contribution in [3.05, 3.63) is 32.8 Å². The lowest BCUT2D eigenvalue weighted by Gasteiger charge is -2.05. The van der Waals surface area contributed by atoms with Crippen molar-refractivity contribution in [3.8, 4) is 0 Å². The molecule has 0 unspecified atom stereocenters. The van der Waals surface area contributed by atoms with E-state index in [9.17, 15) is 9.59 Å². The van der Waals surface area contributed by atoms with Gasteiger partial charge in [0, 0.05) is 18.7 Å². The zero-order valence-corrected chi connectivity index (χ0v) is 8.95. The zero-order chi connectivity index (χ0) is 11.1.